The first-order valence-corrected chi connectivity index (χ1v) is 2.87. The van der Waals surface area contributed by atoms with Crippen molar-refractivity contribution in [3.05, 3.63) is 0 Å². The van der Waals surface area contributed by atoms with Crippen molar-refractivity contribution in [2.75, 3.05) is 13.2 Å². The zero-order valence-electron chi connectivity index (χ0n) is 5.08. The highest BCUT2D eigenvalue weighted by molar-refractivity contribution is 5.85. The van der Waals surface area contributed by atoms with Crippen LogP contribution in [0.1, 0.15) is 6.42 Å². The summed E-state index contributed by atoms with van der Waals surface area (Å²) >= 11 is 0. The highest BCUT2D eigenvalue weighted by Gasteiger charge is 2.22. The molecular formula is C5H12ClNO2. The number of hydrogen-bond acceptors (Lipinski definition) is 3. The number of aliphatic hydroxyl groups excluding tert-OH is 2. The molecule has 1 fully saturated rings. The Morgan fingerprint density at radius 1 is 1.56 bits per heavy atom. The first-order valence-electron chi connectivity index (χ1n) is 2.87. The van der Waals surface area contributed by atoms with Gasteiger partial charge in [-0.05, 0) is 13.0 Å². The maximum absolute atomic E-state index is 8.97. The highest BCUT2D eigenvalue weighted by Crippen LogP contribution is 2.04. The van der Waals surface area contributed by atoms with E-state index in [1.807, 2.05) is 0 Å². The Kier molecular flexibility index (Phi) is 4.14. The van der Waals surface area contributed by atoms with E-state index in [2.05, 4.69) is 5.32 Å². The monoisotopic (exact) mass is 153 g/mol. The van der Waals surface area contributed by atoms with E-state index in [9.17, 15) is 0 Å². The Hall–Kier alpha value is 0.170. The predicted octanol–water partition coefficient (Wildman–Crippen LogP) is -0.877. The third-order valence-corrected chi connectivity index (χ3v) is 1.51. The molecule has 9 heavy (non-hydrogen) atoms. The van der Waals surface area contributed by atoms with Crippen molar-refractivity contribution in [1.29, 1.82) is 0 Å². The fraction of sp³-hybridized carbons (Fsp3) is 1.00. The highest BCUT2D eigenvalue weighted by atomic mass is 35.5. The minimum absolute atomic E-state index is 0. The molecule has 0 aliphatic carbocycles. The van der Waals surface area contributed by atoms with Gasteiger partial charge >= 0.3 is 0 Å². The molecule has 3 nitrogen and oxygen atoms in total. The van der Waals surface area contributed by atoms with E-state index in [0.29, 0.717) is 0 Å². The van der Waals surface area contributed by atoms with Crippen LogP contribution in [0.3, 0.4) is 0 Å². The molecule has 0 saturated carbocycles. The molecule has 0 bridgehead atoms. The minimum Gasteiger partial charge on any atom is -0.395 e. The standard InChI is InChI=1S/C5H11NO2.ClH/c7-3-4-5(8)1-2-6-4;/h4-8H,1-3H2;1H. The molecular weight excluding hydrogens is 142 g/mol. The molecule has 0 aromatic rings. The van der Waals surface area contributed by atoms with Gasteiger partial charge in [0.1, 0.15) is 0 Å². The molecule has 0 spiro atoms. The van der Waals surface area contributed by atoms with Crippen LogP contribution in [0.4, 0.5) is 0 Å². The van der Waals surface area contributed by atoms with Gasteiger partial charge in [-0.1, -0.05) is 0 Å². The van der Waals surface area contributed by atoms with Crippen molar-refractivity contribution in [2.45, 2.75) is 18.6 Å². The number of hydrogen-bond donors (Lipinski definition) is 3. The molecule has 0 aromatic heterocycles. The van der Waals surface area contributed by atoms with Gasteiger partial charge in [-0.2, -0.15) is 0 Å². The van der Waals surface area contributed by atoms with Crippen molar-refractivity contribution >= 4 is 12.4 Å². The summed E-state index contributed by atoms with van der Waals surface area (Å²) in [5, 5.41) is 20.4. The van der Waals surface area contributed by atoms with Crippen LogP contribution in [0.2, 0.25) is 0 Å². The van der Waals surface area contributed by atoms with Crippen LogP contribution in [0.15, 0.2) is 0 Å². The lowest BCUT2D eigenvalue weighted by Gasteiger charge is -2.09. The second kappa shape index (κ2) is 4.06. The summed E-state index contributed by atoms with van der Waals surface area (Å²) in [6, 6.07) is -0.0741. The fourth-order valence-corrected chi connectivity index (χ4v) is 0.940. The Morgan fingerprint density at radius 3 is 2.44 bits per heavy atom. The second-order valence-corrected chi connectivity index (χ2v) is 2.10. The summed E-state index contributed by atoms with van der Waals surface area (Å²) < 4.78 is 0. The molecule has 56 valence electrons. The predicted molar refractivity (Wildman–Crippen MR) is 36.7 cm³/mol. The van der Waals surface area contributed by atoms with E-state index < -0.39 is 0 Å². The van der Waals surface area contributed by atoms with Crippen molar-refractivity contribution in [3.63, 3.8) is 0 Å². The zero-order chi connectivity index (χ0) is 5.98. The summed E-state index contributed by atoms with van der Waals surface area (Å²) in [5.41, 5.74) is 0. The SMILES string of the molecule is Cl.OCC1NCCC1O. The Morgan fingerprint density at radius 2 is 2.22 bits per heavy atom. The molecule has 3 N–H and O–H groups in total. The summed E-state index contributed by atoms with van der Waals surface area (Å²) in [5.74, 6) is 0. The van der Waals surface area contributed by atoms with Crippen LogP contribution in [0, 0.1) is 0 Å². The topological polar surface area (TPSA) is 52.5 Å². The molecule has 1 rings (SSSR count). The van der Waals surface area contributed by atoms with Gasteiger partial charge in [0.25, 0.3) is 0 Å². The molecule has 1 aliphatic heterocycles. The number of aliphatic hydroxyl groups is 2. The lowest BCUT2D eigenvalue weighted by atomic mass is 10.2. The maximum Gasteiger partial charge on any atom is 0.0727 e. The van der Waals surface area contributed by atoms with E-state index >= 15 is 0 Å². The van der Waals surface area contributed by atoms with Crippen molar-refractivity contribution < 1.29 is 10.2 Å². The first kappa shape index (κ1) is 9.17. The van der Waals surface area contributed by atoms with Crippen molar-refractivity contribution in [1.82, 2.24) is 5.32 Å². The lowest BCUT2D eigenvalue weighted by Crippen LogP contribution is -2.33. The van der Waals surface area contributed by atoms with Crippen LogP contribution in [0.25, 0.3) is 0 Å². The van der Waals surface area contributed by atoms with E-state index in [1.165, 1.54) is 0 Å². The normalized spacial score (nSPS) is 34.0. The quantitative estimate of drug-likeness (QED) is 0.459. The van der Waals surface area contributed by atoms with Gasteiger partial charge < -0.3 is 15.5 Å². The average Bonchev–Trinajstić information content (AvgIpc) is 2.14. The Bertz CT molecular complexity index is 81.4. The van der Waals surface area contributed by atoms with Gasteiger partial charge in [0.15, 0.2) is 0 Å². The smallest absolute Gasteiger partial charge is 0.0727 e. The molecule has 1 aliphatic rings. The van der Waals surface area contributed by atoms with Gasteiger partial charge in [-0.3, -0.25) is 0 Å². The van der Waals surface area contributed by atoms with Crippen LogP contribution in [-0.2, 0) is 0 Å². The molecule has 1 saturated heterocycles. The van der Waals surface area contributed by atoms with Crippen LogP contribution < -0.4 is 5.32 Å². The van der Waals surface area contributed by atoms with E-state index in [4.69, 9.17) is 10.2 Å². The lowest BCUT2D eigenvalue weighted by molar-refractivity contribution is 0.121. The number of rotatable bonds is 1. The van der Waals surface area contributed by atoms with Crippen LogP contribution in [-0.4, -0.2) is 35.5 Å². The Labute approximate surface area is 60.5 Å². The summed E-state index contributed by atoms with van der Waals surface area (Å²) in [6.07, 6.45) is 0.436. The molecule has 0 aromatic carbocycles. The molecule has 0 amide bonds. The summed E-state index contributed by atoms with van der Waals surface area (Å²) in [6.45, 7) is 0.869. The molecule has 0 radical (unpaired) electrons. The maximum atomic E-state index is 8.97. The summed E-state index contributed by atoms with van der Waals surface area (Å²) in [4.78, 5) is 0. The van der Waals surface area contributed by atoms with E-state index in [1.54, 1.807) is 0 Å². The van der Waals surface area contributed by atoms with Crippen LogP contribution in [0.5, 0.6) is 0 Å². The van der Waals surface area contributed by atoms with Crippen LogP contribution >= 0.6 is 12.4 Å². The zero-order valence-corrected chi connectivity index (χ0v) is 5.90. The van der Waals surface area contributed by atoms with Gasteiger partial charge in [0.2, 0.25) is 0 Å². The molecule has 4 heteroatoms. The van der Waals surface area contributed by atoms with E-state index in [-0.39, 0.29) is 31.2 Å². The fourth-order valence-electron chi connectivity index (χ4n) is 0.940. The molecule has 2 atom stereocenters. The van der Waals surface area contributed by atoms with Gasteiger partial charge in [0.05, 0.1) is 18.8 Å². The third kappa shape index (κ3) is 2.10. The first-order chi connectivity index (χ1) is 3.84. The average molecular weight is 154 g/mol. The molecule has 2 unspecified atom stereocenters. The van der Waals surface area contributed by atoms with Crippen molar-refractivity contribution in [2.24, 2.45) is 0 Å². The molecule has 1 heterocycles. The second-order valence-electron chi connectivity index (χ2n) is 2.10. The minimum atomic E-state index is -0.333. The number of halogens is 1. The largest absolute Gasteiger partial charge is 0.395 e. The summed E-state index contributed by atoms with van der Waals surface area (Å²) in [7, 11) is 0. The van der Waals surface area contributed by atoms with E-state index in [0.717, 1.165) is 13.0 Å². The Balaban J connectivity index is 0.000000640. The third-order valence-electron chi connectivity index (χ3n) is 1.51. The van der Waals surface area contributed by atoms with Crippen molar-refractivity contribution in [3.8, 4) is 0 Å². The van der Waals surface area contributed by atoms with Gasteiger partial charge in [-0.25, -0.2) is 0 Å². The number of nitrogens with one attached hydrogen (secondary N) is 1. The van der Waals surface area contributed by atoms with Gasteiger partial charge in [-0.15, -0.1) is 12.4 Å². The van der Waals surface area contributed by atoms with Gasteiger partial charge in [0, 0.05) is 0 Å².